The van der Waals surface area contributed by atoms with Crippen LogP contribution in [0, 0.1) is 0 Å². The molecule has 6 heteroatoms. The van der Waals surface area contributed by atoms with Gasteiger partial charge in [0.15, 0.2) is 11.5 Å². The molecule has 0 aliphatic carbocycles. The number of carbonyl (C=O) groups excluding carboxylic acids is 1. The van der Waals surface area contributed by atoms with Gasteiger partial charge in [0, 0.05) is 23.6 Å². The van der Waals surface area contributed by atoms with Crippen molar-refractivity contribution in [3.05, 3.63) is 47.0 Å². The van der Waals surface area contributed by atoms with Gasteiger partial charge in [0.25, 0.3) is 0 Å². The number of benzene rings is 2. The van der Waals surface area contributed by atoms with Crippen molar-refractivity contribution in [2.75, 3.05) is 19.7 Å². The van der Waals surface area contributed by atoms with Crippen molar-refractivity contribution in [3.8, 4) is 22.6 Å². The van der Waals surface area contributed by atoms with Gasteiger partial charge in [-0.2, -0.15) is 0 Å². The van der Waals surface area contributed by atoms with Crippen molar-refractivity contribution in [2.45, 2.75) is 25.8 Å². The Labute approximate surface area is 158 Å². The van der Waals surface area contributed by atoms with E-state index in [9.17, 15) is 9.90 Å². The number of aromatic hydroxyl groups is 1. The lowest BCUT2D eigenvalue weighted by molar-refractivity contribution is -0.132. The number of rotatable bonds is 5. The Bertz CT molecular complexity index is 795. The molecule has 0 aromatic heterocycles. The molecular formula is C20H23ClN2O3. The van der Waals surface area contributed by atoms with Crippen LogP contribution in [0.2, 0.25) is 5.02 Å². The lowest BCUT2D eigenvalue weighted by atomic mass is 10.0. The molecule has 0 saturated carbocycles. The molecule has 0 bridgehead atoms. The lowest BCUT2D eigenvalue weighted by Gasteiger charge is -2.20. The van der Waals surface area contributed by atoms with E-state index >= 15 is 0 Å². The van der Waals surface area contributed by atoms with Crippen LogP contribution in [-0.4, -0.2) is 35.6 Å². The average Bonchev–Trinajstić information content (AvgIpc) is 2.85. The first-order chi connectivity index (χ1) is 12.6. The smallest absolute Gasteiger partial charge is 0.222 e. The number of hydrogen-bond donors (Lipinski definition) is 2. The number of phenolic OH excluding ortho intramolecular Hbond substituents is 1. The first-order valence-electron chi connectivity index (χ1n) is 8.81. The zero-order chi connectivity index (χ0) is 18.5. The molecule has 3 rings (SSSR count). The molecule has 1 amide bonds. The highest BCUT2D eigenvalue weighted by Gasteiger charge is 2.22. The molecule has 3 N–H and O–H groups in total. The minimum absolute atomic E-state index is 0.0786. The summed E-state index contributed by atoms with van der Waals surface area (Å²) in [6.07, 6.45) is 2.10. The molecule has 1 aliphatic rings. The fourth-order valence-corrected chi connectivity index (χ4v) is 3.32. The topological polar surface area (TPSA) is 75.8 Å². The zero-order valence-electron chi connectivity index (χ0n) is 14.6. The van der Waals surface area contributed by atoms with Gasteiger partial charge in [-0.3, -0.25) is 4.79 Å². The first kappa shape index (κ1) is 18.5. The van der Waals surface area contributed by atoms with E-state index < -0.39 is 0 Å². The van der Waals surface area contributed by atoms with Crippen molar-refractivity contribution in [1.29, 1.82) is 0 Å². The number of hydrogen-bond acceptors (Lipinski definition) is 4. The number of phenols is 1. The summed E-state index contributed by atoms with van der Waals surface area (Å²) >= 11 is 6.08. The highest BCUT2D eigenvalue weighted by molar-refractivity contribution is 6.30. The fourth-order valence-electron chi connectivity index (χ4n) is 3.13. The SMILES string of the molecule is NCCCCC(=O)N1CCOc2c(O)cc(-c3cccc(Cl)c3)cc2C1. The van der Waals surface area contributed by atoms with Gasteiger partial charge in [-0.1, -0.05) is 23.7 Å². The normalized spacial score (nSPS) is 13.7. The molecular weight excluding hydrogens is 352 g/mol. The van der Waals surface area contributed by atoms with Crippen LogP contribution in [0.15, 0.2) is 36.4 Å². The van der Waals surface area contributed by atoms with Crippen LogP contribution in [0.5, 0.6) is 11.5 Å². The summed E-state index contributed by atoms with van der Waals surface area (Å²) in [6.45, 7) is 1.87. The Morgan fingerprint density at radius 1 is 1.23 bits per heavy atom. The van der Waals surface area contributed by atoms with E-state index in [1.165, 1.54) is 0 Å². The van der Waals surface area contributed by atoms with Gasteiger partial charge in [0.1, 0.15) is 6.61 Å². The summed E-state index contributed by atoms with van der Waals surface area (Å²) in [6, 6.07) is 11.1. The number of fused-ring (bicyclic) bond motifs is 1. The van der Waals surface area contributed by atoms with Crippen molar-refractivity contribution in [1.82, 2.24) is 4.90 Å². The molecule has 26 heavy (non-hydrogen) atoms. The minimum atomic E-state index is 0.0786. The van der Waals surface area contributed by atoms with Crippen LogP contribution in [0.4, 0.5) is 0 Å². The molecule has 138 valence electrons. The molecule has 0 radical (unpaired) electrons. The van der Waals surface area contributed by atoms with Gasteiger partial charge in [0.05, 0.1) is 6.54 Å². The maximum atomic E-state index is 12.5. The molecule has 0 atom stereocenters. The zero-order valence-corrected chi connectivity index (χ0v) is 15.3. The van der Waals surface area contributed by atoms with Crippen LogP contribution in [-0.2, 0) is 11.3 Å². The van der Waals surface area contributed by atoms with E-state index in [-0.39, 0.29) is 11.7 Å². The Morgan fingerprint density at radius 3 is 2.85 bits per heavy atom. The second kappa shape index (κ2) is 8.43. The van der Waals surface area contributed by atoms with Crippen LogP contribution in [0.3, 0.4) is 0 Å². The third-order valence-electron chi connectivity index (χ3n) is 4.47. The summed E-state index contributed by atoms with van der Waals surface area (Å²) in [5.74, 6) is 0.616. The number of carbonyl (C=O) groups is 1. The number of nitrogens with zero attached hydrogens (tertiary/aromatic N) is 1. The molecule has 5 nitrogen and oxygen atoms in total. The van der Waals surface area contributed by atoms with Gasteiger partial charge in [-0.25, -0.2) is 0 Å². The lowest BCUT2D eigenvalue weighted by Crippen LogP contribution is -2.32. The number of nitrogens with two attached hydrogens (primary N) is 1. The first-order valence-corrected chi connectivity index (χ1v) is 9.18. The van der Waals surface area contributed by atoms with Crippen molar-refractivity contribution < 1.29 is 14.6 Å². The molecule has 2 aromatic rings. The largest absolute Gasteiger partial charge is 0.504 e. The van der Waals surface area contributed by atoms with Gasteiger partial charge >= 0.3 is 0 Å². The van der Waals surface area contributed by atoms with Crippen LogP contribution in [0.1, 0.15) is 24.8 Å². The predicted molar refractivity (Wildman–Crippen MR) is 102 cm³/mol. The van der Waals surface area contributed by atoms with Gasteiger partial charge in [-0.05, 0) is 54.8 Å². The number of halogens is 1. The summed E-state index contributed by atoms with van der Waals surface area (Å²) in [5.41, 5.74) is 8.04. The second-order valence-corrected chi connectivity index (χ2v) is 6.84. The predicted octanol–water partition coefficient (Wildman–Crippen LogP) is 3.56. The molecule has 0 unspecified atom stereocenters. The van der Waals surface area contributed by atoms with Gasteiger partial charge in [-0.15, -0.1) is 0 Å². The van der Waals surface area contributed by atoms with E-state index in [4.69, 9.17) is 22.1 Å². The van der Waals surface area contributed by atoms with E-state index in [1.807, 2.05) is 24.3 Å². The second-order valence-electron chi connectivity index (χ2n) is 6.40. The van der Waals surface area contributed by atoms with Crippen LogP contribution in [0.25, 0.3) is 11.1 Å². The Kier molecular flexibility index (Phi) is 6.01. The molecule has 2 aromatic carbocycles. The number of unbranched alkanes of at least 4 members (excludes halogenated alkanes) is 1. The van der Waals surface area contributed by atoms with Gasteiger partial charge in [0.2, 0.25) is 5.91 Å². The summed E-state index contributed by atoms with van der Waals surface area (Å²) in [7, 11) is 0. The Morgan fingerprint density at radius 2 is 2.08 bits per heavy atom. The summed E-state index contributed by atoms with van der Waals surface area (Å²) in [4.78, 5) is 14.3. The standard InChI is InChI=1S/C20H23ClN2O3/c21-17-5-3-4-14(11-17)15-10-16-13-23(19(25)6-1-2-7-22)8-9-26-20(16)18(24)12-15/h3-5,10-12,24H,1-2,6-9,13,22H2. The van der Waals surface area contributed by atoms with Crippen molar-refractivity contribution >= 4 is 17.5 Å². The maximum absolute atomic E-state index is 12.5. The molecule has 1 aliphatic heterocycles. The number of ether oxygens (including phenoxy) is 1. The number of amides is 1. The fraction of sp³-hybridized carbons (Fsp3) is 0.350. The highest BCUT2D eigenvalue weighted by Crippen LogP contribution is 2.38. The van der Waals surface area contributed by atoms with E-state index in [1.54, 1.807) is 17.0 Å². The quantitative estimate of drug-likeness (QED) is 0.784. The Balaban J connectivity index is 1.86. The van der Waals surface area contributed by atoms with E-state index in [2.05, 4.69) is 0 Å². The monoisotopic (exact) mass is 374 g/mol. The molecule has 0 fully saturated rings. The van der Waals surface area contributed by atoms with E-state index in [0.717, 1.165) is 29.5 Å². The maximum Gasteiger partial charge on any atom is 0.222 e. The Hall–Kier alpha value is -2.24. The van der Waals surface area contributed by atoms with Crippen molar-refractivity contribution in [2.24, 2.45) is 5.73 Å². The third kappa shape index (κ3) is 4.29. The molecule has 0 saturated heterocycles. The van der Waals surface area contributed by atoms with Crippen LogP contribution >= 0.6 is 11.6 Å². The minimum Gasteiger partial charge on any atom is -0.504 e. The molecule has 1 heterocycles. The van der Waals surface area contributed by atoms with Gasteiger partial charge < -0.3 is 20.5 Å². The molecule has 0 spiro atoms. The van der Waals surface area contributed by atoms with E-state index in [0.29, 0.717) is 43.4 Å². The summed E-state index contributed by atoms with van der Waals surface area (Å²) in [5, 5.41) is 11.0. The summed E-state index contributed by atoms with van der Waals surface area (Å²) < 4.78 is 5.71. The third-order valence-corrected chi connectivity index (χ3v) is 4.71. The van der Waals surface area contributed by atoms with Crippen molar-refractivity contribution in [3.63, 3.8) is 0 Å². The van der Waals surface area contributed by atoms with Crippen LogP contribution < -0.4 is 10.5 Å². The highest BCUT2D eigenvalue weighted by atomic mass is 35.5. The average molecular weight is 375 g/mol.